The van der Waals surface area contributed by atoms with Gasteiger partial charge in [0.25, 0.3) is 0 Å². The molecule has 0 amide bonds. The lowest BCUT2D eigenvalue weighted by Crippen LogP contribution is -2.32. The molecule has 1 fully saturated rings. The minimum Gasteiger partial charge on any atom is -0.464 e. The topological polar surface area (TPSA) is 58.6 Å². The number of thiophene rings is 1. The summed E-state index contributed by atoms with van der Waals surface area (Å²) >= 11 is 1.66. The molecule has 1 aromatic rings. The third kappa shape index (κ3) is 3.04. The molecule has 0 unspecified atom stereocenters. The minimum absolute atomic E-state index is 0.256. The SMILES string of the molecule is O=C(OCCc1cccs1)[C@H]1C[C@@H](O)CN1. The van der Waals surface area contributed by atoms with Crippen LogP contribution < -0.4 is 5.32 Å². The second-order valence-corrected chi connectivity index (χ2v) is 4.88. The molecule has 1 aliphatic rings. The lowest BCUT2D eigenvalue weighted by Gasteiger charge is -2.09. The molecule has 0 spiro atoms. The van der Waals surface area contributed by atoms with E-state index in [2.05, 4.69) is 5.32 Å². The van der Waals surface area contributed by atoms with Gasteiger partial charge < -0.3 is 15.2 Å². The number of carbonyl (C=O) groups is 1. The lowest BCUT2D eigenvalue weighted by atomic mass is 10.2. The van der Waals surface area contributed by atoms with E-state index in [1.807, 2.05) is 17.5 Å². The van der Waals surface area contributed by atoms with Gasteiger partial charge in [0.15, 0.2) is 0 Å². The van der Waals surface area contributed by atoms with Crippen molar-refractivity contribution in [1.82, 2.24) is 5.32 Å². The number of hydrogen-bond donors (Lipinski definition) is 2. The Labute approximate surface area is 98.2 Å². The van der Waals surface area contributed by atoms with E-state index >= 15 is 0 Å². The van der Waals surface area contributed by atoms with Crippen LogP contribution in [0.5, 0.6) is 0 Å². The highest BCUT2D eigenvalue weighted by molar-refractivity contribution is 7.09. The fourth-order valence-electron chi connectivity index (χ4n) is 1.70. The van der Waals surface area contributed by atoms with E-state index in [0.29, 0.717) is 19.6 Å². The van der Waals surface area contributed by atoms with E-state index in [1.165, 1.54) is 4.88 Å². The normalized spacial score (nSPS) is 24.6. The molecular formula is C11H15NO3S. The number of rotatable bonds is 4. The molecule has 2 rings (SSSR count). The van der Waals surface area contributed by atoms with Crippen molar-refractivity contribution in [2.24, 2.45) is 0 Å². The zero-order valence-electron chi connectivity index (χ0n) is 8.89. The summed E-state index contributed by atoms with van der Waals surface area (Å²) < 4.78 is 5.14. The number of aliphatic hydroxyl groups excluding tert-OH is 1. The van der Waals surface area contributed by atoms with Crippen LogP contribution in [0.25, 0.3) is 0 Å². The van der Waals surface area contributed by atoms with E-state index < -0.39 is 6.10 Å². The van der Waals surface area contributed by atoms with Crippen LogP contribution in [0.3, 0.4) is 0 Å². The summed E-state index contributed by atoms with van der Waals surface area (Å²) in [5, 5.41) is 14.2. The van der Waals surface area contributed by atoms with Crippen molar-refractivity contribution >= 4 is 17.3 Å². The maximum Gasteiger partial charge on any atom is 0.323 e. The quantitative estimate of drug-likeness (QED) is 0.756. The van der Waals surface area contributed by atoms with Crippen LogP contribution in [0.2, 0.25) is 0 Å². The third-order valence-corrected chi connectivity index (χ3v) is 3.50. The summed E-state index contributed by atoms with van der Waals surface area (Å²) in [7, 11) is 0. The maximum absolute atomic E-state index is 11.5. The summed E-state index contributed by atoms with van der Waals surface area (Å²) in [5.74, 6) is -0.256. The van der Waals surface area contributed by atoms with Gasteiger partial charge in [0, 0.05) is 24.3 Å². The Morgan fingerprint density at radius 1 is 1.69 bits per heavy atom. The van der Waals surface area contributed by atoms with Crippen LogP contribution in [-0.2, 0) is 16.0 Å². The highest BCUT2D eigenvalue weighted by atomic mass is 32.1. The van der Waals surface area contributed by atoms with E-state index in [0.717, 1.165) is 6.42 Å². The monoisotopic (exact) mass is 241 g/mol. The molecule has 1 aromatic heterocycles. The molecule has 0 aromatic carbocycles. The number of aliphatic hydroxyl groups is 1. The molecule has 0 radical (unpaired) electrons. The molecule has 0 aliphatic carbocycles. The minimum atomic E-state index is -0.421. The van der Waals surface area contributed by atoms with Gasteiger partial charge in [0.05, 0.1) is 12.7 Å². The summed E-state index contributed by atoms with van der Waals surface area (Å²) in [4.78, 5) is 12.7. The molecule has 1 aliphatic heterocycles. The van der Waals surface area contributed by atoms with Crippen molar-refractivity contribution in [1.29, 1.82) is 0 Å². The van der Waals surface area contributed by atoms with Crippen LogP contribution >= 0.6 is 11.3 Å². The molecule has 0 saturated carbocycles. The second-order valence-electron chi connectivity index (χ2n) is 3.85. The van der Waals surface area contributed by atoms with Gasteiger partial charge in [-0.25, -0.2) is 0 Å². The van der Waals surface area contributed by atoms with Crippen molar-refractivity contribution in [3.05, 3.63) is 22.4 Å². The van der Waals surface area contributed by atoms with Crippen molar-refractivity contribution in [3.8, 4) is 0 Å². The van der Waals surface area contributed by atoms with E-state index in [9.17, 15) is 9.90 Å². The van der Waals surface area contributed by atoms with Crippen LogP contribution in [-0.4, -0.2) is 36.4 Å². The van der Waals surface area contributed by atoms with Crippen LogP contribution in [0, 0.1) is 0 Å². The molecule has 1 saturated heterocycles. The van der Waals surface area contributed by atoms with Crippen molar-refractivity contribution in [3.63, 3.8) is 0 Å². The Hall–Kier alpha value is -0.910. The molecule has 0 bridgehead atoms. The molecule has 2 N–H and O–H groups in total. The van der Waals surface area contributed by atoms with Crippen molar-refractivity contribution in [2.45, 2.75) is 25.0 Å². The van der Waals surface area contributed by atoms with Gasteiger partial charge in [-0.3, -0.25) is 4.79 Å². The maximum atomic E-state index is 11.5. The first-order valence-corrected chi connectivity index (χ1v) is 6.24. The number of ether oxygens (including phenoxy) is 1. The van der Waals surface area contributed by atoms with E-state index in [1.54, 1.807) is 11.3 Å². The first-order valence-electron chi connectivity index (χ1n) is 5.36. The number of esters is 1. The first kappa shape index (κ1) is 11.6. The molecule has 2 heterocycles. The van der Waals surface area contributed by atoms with Crippen molar-refractivity contribution in [2.75, 3.05) is 13.2 Å². The van der Waals surface area contributed by atoms with Gasteiger partial charge >= 0.3 is 5.97 Å². The Morgan fingerprint density at radius 3 is 3.19 bits per heavy atom. The number of β-amino-alcohol motifs (C(OH)–C–C–N with tert-alkyl or cyclic N) is 1. The fraction of sp³-hybridized carbons (Fsp3) is 0.545. The smallest absolute Gasteiger partial charge is 0.323 e. The lowest BCUT2D eigenvalue weighted by molar-refractivity contribution is -0.145. The highest BCUT2D eigenvalue weighted by Crippen LogP contribution is 2.11. The Balaban J connectivity index is 1.68. The van der Waals surface area contributed by atoms with Gasteiger partial charge in [-0.2, -0.15) is 0 Å². The summed E-state index contributed by atoms with van der Waals surface area (Å²) in [5.41, 5.74) is 0. The van der Waals surface area contributed by atoms with Gasteiger partial charge in [0.2, 0.25) is 0 Å². The van der Waals surface area contributed by atoms with Crippen LogP contribution in [0.15, 0.2) is 17.5 Å². The second kappa shape index (κ2) is 5.43. The van der Waals surface area contributed by atoms with Gasteiger partial charge in [-0.1, -0.05) is 6.07 Å². The molecular weight excluding hydrogens is 226 g/mol. The standard InChI is InChI=1S/C11H15NO3S/c13-8-6-10(12-7-8)11(14)15-4-3-9-2-1-5-16-9/h1-2,5,8,10,12-13H,3-4,6-7H2/t8-,10-/m1/s1. The van der Waals surface area contributed by atoms with Crippen LogP contribution in [0.4, 0.5) is 0 Å². The average Bonchev–Trinajstić information content (AvgIpc) is 2.89. The first-order chi connectivity index (χ1) is 7.75. The Kier molecular flexibility index (Phi) is 3.93. The zero-order chi connectivity index (χ0) is 11.4. The molecule has 2 atom stereocenters. The van der Waals surface area contributed by atoms with Gasteiger partial charge in [-0.15, -0.1) is 11.3 Å². The Morgan fingerprint density at radius 2 is 2.56 bits per heavy atom. The summed E-state index contributed by atoms with van der Waals surface area (Å²) in [6.07, 6.45) is 0.797. The number of carbonyl (C=O) groups excluding carboxylic acids is 1. The summed E-state index contributed by atoms with van der Waals surface area (Å²) in [6, 6.07) is 3.67. The molecule has 16 heavy (non-hydrogen) atoms. The predicted molar refractivity (Wildman–Crippen MR) is 61.4 cm³/mol. The van der Waals surface area contributed by atoms with E-state index in [-0.39, 0.29) is 12.0 Å². The largest absolute Gasteiger partial charge is 0.464 e. The third-order valence-electron chi connectivity index (χ3n) is 2.57. The summed E-state index contributed by atoms with van der Waals surface area (Å²) in [6.45, 7) is 0.887. The highest BCUT2D eigenvalue weighted by Gasteiger charge is 2.28. The Bertz CT molecular complexity index is 339. The number of nitrogens with one attached hydrogen (secondary N) is 1. The predicted octanol–water partition coefficient (Wildman–Crippen LogP) is 0.557. The molecule has 4 nitrogen and oxygen atoms in total. The molecule has 5 heteroatoms. The van der Waals surface area contributed by atoms with E-state index in [4.69, 9.17) is 4.74 Å². The van der Waals surface area contributed by atoms with Crippen molar-refractivity contribution < 1.29 is 14.6 Å². The fourth-order valence-corrected chi connectivity index (χ4v) is 2.39. The van der Waals surface area contributed by atoms with Gasteiger partial charge in [0.1, 0.15) is 6.04 Å². The zero-order valence-corrected chi connectivity index (χ0v) is 9.70. The number of hydrogen-bond acceptors (Lipinski definition) is 5. The van der Waals surface area contributed by atoms with Crippen LogP contribution in [0.1, 0.15) is 11.3 Å². The van der Waals surface area contributed by atoms with Gasteiger partial charge in [-0.05, 0) is 11.4 Å². The molecule has 88 valence electrons. The average molecular weight is 241 g/mol.